The Morgan fingerprint density at radius 3 is 2.29 bits per heavy atom. The number of nitrogens with zero attached hydrogens (tertiary/aromatic N) is 1. The minimum Gasteiger partial charge on any atom is -0.370 e. The minimum atomic E-state index is -0.637. The lowest BCUT2D eigenvalue weighted by atomic mass is 9.93. The summed E-state index contributed by atoms with van der Waals surface area (Å²) < 4.78 is 0. The number of amides is 1. The second kappa shape index (κ2) is 9.02. The van der Waals surface area contributed by atoms with Crippen LogP contribution in [0.5, 0.6) is 0 Å². The molecule has 3 aromatic rings. The van der Waals surface area contributed by atoms with Crippen LogP contribution in [0.25, 0.3) is 17.2 Å². The van der Waals surface area contributed by atoms with Crippen LogP contribution < -0.4 is 11.5 Å². The average molecular weight is 390 g/mol. The maximum atomic E-state index is 12.7. The molecule has 0 radical (unpaired) electrons. The number of rotatable bonds is 5. The van der Waals surface area contributed by atoms with Gasteiger partial charge < -0.3 is 11.5 Å². The van der Waals surface area contributed by atoms with E-state index in [2.05, 4.69) is 4.99 Å². The van der Waals surface area contributed by atoms with Crippen LogP contribution in [-0.2, 0) is 4.79 Å². The van der Waals surface area contributed by atoms with Gasteiger partial charge in [-0.1, -0.05) is 96.5 Å². The second-order valence-corrected chi connectivity index (χ2v) is 6.63. The molecule has 0 heterocycles. The summed E-state index contributed by atoms with van der Waals surface area (Å²) >= 11 is 6.22. The Balaban J connectivity index is 2.01. The lowest BCUT2D eigenvalue weighted by Gasteiger charge is -2.12. The number of halogens is 1. The molecule has 0 bridgehead atoms. The third-order valence-corrected chi connectivity index (χ3v) is 4.58. The Kier molecular flexibility index (Phi) is 6.25. The number of aliphatic imine (C=N–C) groups is 1. The fourth-order valence-electron chi connectivity index (χ4n) is 2.89. The van der Waals surface area contributed by atoms with Crippen LogP contribution in [0.3, 0.4) is 0 Å². The lowest BCUT2D eigenvalue weighted by Crippen LogP contribution is -2.25. The second-order valence-electron chi connectivity index (χ2n) is 6.22. The standard InChI is InChI=1S/C23H20ClN3O/c24-21-12-5-4-9-17(21)13-14-20(22(28)27-23(25)26)19-11-6-10-18(15-19)16-7-2-1-3-8-16/h1-15,20H,(H4,25,26,27,28)/b14-13+. The molecule has 3 aromatic carbocycles. The van der Waals surface area contributed by atoms with Crippen LogP contribution in [0.4, 0.5) is 0 Å². The Hall–Kier alpha value is -3.37. The van der Waals surface area contributed by atoms with Gasteiger partial charge in [0.2, 0.25) is 0 Å². The van der Waals surface area contributed by atoms with E-state index < -0.39 is 11.8 Å². The van der Waals surface area contributed by atoms with E-state index in [4.69, 9.17) is 23.1 Å². The number of hydrogen-bond acceptors (Lipinski definition) is 1. The summed E-state index contributed by atoms with van der Waals surface area (Å²) in [7, 11) is 0. The van der Waals surface area contributed by atoms with Crippen LogP contribution in [0.15, 0.2) is 89.9 Å². The normalized spacial score (nSPS) is 11.9. The first-order chi connectivity index (χ1) is 13.5. The zero-order chi connectivity index (χ0) is 19.9. The Labute approximate surface area is 169 Å². The Morgan fingerprint density at radius 2 is 1.57 bits per heavy atom. The minimum absolute atomic E-state index is 0.264. The van der Waals surface area contributed by atoms with Crippen LogP contribution in [0.1, 0.15) is 17.0 Å². The highest BCUT2D eigenvalue weighted by molar-refractivity contribution is 6.32. The molecule has 0 fully saturated rings. The Bertz CT molecular complexity index is 1020. The van der Waals surface area contributed by atoms with E-state index in [1.807, 2.05) is 78.9 Å². The molecular weight excluding hydrogens is 370 g/mol. The van der Waals surface area contributed by atoms with Crippen molar-refractivity contribution in [2.75, 3.05) is 0 Å². The molecule has 0 aromatic heterocycles. The van der Waals surface area contributed by atoms with Crippen molar-refractivity contribution in [3.8, 4) is 11.1 Å². The zero-order valence-corrected chi connectivity index (χ0v) is 15.9. The quantitative estimate of drug-likeness (QED) is 0.494. The largest absolute Gasteiger partial charge is 0.370 e. The molecule has 1 amide bonds. The maximum Gasteiger partial charge on any atom is 0.260 e. The molecule has 4 N–H and O–H groups in total. The van der Waals surface area contributed by atoms with Gasteiger partial charge in [-0.15, -0.1) is 0 Å². The van der Waals surface area contributed by atoms with Crippen molar-refractivity contribution >= 4 is 29.5 Å². The van der Waals surface area contributed by atoms with E-state index in [1.165, 1.54) is 0 Å². The molecule has 0 saturated heterocycles. The highest BCUT2D eigenvalue weighted by Crippen LogP contribution is 2.27. The van der Waals surface area contributed by atoms with Gasteiger partial charge in [0.05, 0.1) is 5.92 Å². The summed E-state index contributed by atoms with van der Waals surface area (Å²) in [6, 6.07) is 25.1. The van der Waals surface area contributed by atoms with Crippen molar-refractivity contribution in [3.05, 3.63) is 101 Å². The summed E-state index contributed by atoms with van der Waals surface area (Å²) in [5, 5.41) is 0.602. The van der Waals surface area contributed by atoms with Crippen molar-refractivity contribution in [1.29, 1.82) is 0 Å². The highest BCUT2D eigenvalue weighted by Gasteiger charge is 2.18. The van der Waals surface area contributed by atoms with Crippen molar-refractivity contribution in [2.45, 2.75) is 5.92 Å². The molecule has 3 rings (SSSR count). The predicted molar refractivity (Wildman–Crippen MR) is 116 cm³/mol. The molecule has 1 atom stereocenters. The van der Waals surface area contributed by atoms with E-state index >= 15 is 0 Å². The van der Waals surface area contributed by atoms with Gasteiger partial charge in [0.15, 0.2) is 5.96 Å². The zero-order valence-electron chi connectivity index (χ0n) is 15.1. The molecule has 0 aliphatic rings. The molecule has 5 heteroatoms. The van der Waals surface area contributed by atoms with Crippen LogP contribution in [0.2, 0.25) is 5.02 Å². The van der Waals surface area contributed by atoms with Gasteiger partial charge >= 0.3 is 0 Å². The molecule has 0 aliphatic carbocycles. The first-order valence-corrected chi connectivity index (χ1v) is 9.14. The number of nitrogens with two attached hydrogens (primary N) is 2. The summed E-state index contributed by atoms with van der Waals surface area (Å²) in [6.45, 7) is 0. The average Bonchev–Trinajstić information content (AvgIpc) is 2.70. The third-order valence-electron chi connectivity index (χ3n) is 4.23. The van der Waals surface area contributed by atoms with Crippen molar-refractivity contribution in [2.24, 2.45) is 16.5 Å². The number of benzene rings is 3. The van der Waals surface area contributed by atoms with Crippen molar-refractivity contribution in [3.63, 3.8) is 0 Å². The third kappa shape index (κ3) is 4.87. The topological polar surface area (TPSA) is 81.5 Å². The summed E-state index contributed by atoms with van der Waals surface area (Å²) in [5.41, 5.74) is 14.5. The van der Waals surface area contributed by atoms with Crippen molar-refractivity contribution in [1.82, 2.24) is 0 Å². The summed E-state index contributed by atoms with van der Waals surface area (Å²) in [6.07, 6.45) is 3.57. The van der Waals surface area contributed by atoms with Gasteiger partial charge in [0.25, 0.3) is 5.91 Å². The molecule has 28 heavy (non-hydrogen) atoms. The predicted octanol–water partition coefficient (Wildman–Crippen LogP) is 4.60. The van der Waals surface area contributed by atoms with Gasteiger partial charge in [-0.3, -0.25) is 4.79 Å². The molecule has 0 spiro atoms. The van der Waals surface area contributed by atoms with Crippen LogP contribution >= 0.6 is 11.6 Å². The maximum absolute atomic E-state index is 12.7. The van der Waals surface area contributed by atoms with Crippen LogP contribution in [-0.4, -0.2) is 11.9 Å². The number of carbonyl (C=O) groups is 1. The first-order valence-electron chi connectivity index (χ1n) is 8.76. The van der Waals surface area contributed by atoms with E-state index in [0.29, 0.717) is 5.02 Å². The summed E-state index contributed by atoms with van der Waals surface area (Å²) in [5.74, 6) is -1.34. The molecule has 4 nitrogen and oxygen atoms in total. The molecule has 140 valence electrons. The number of guanidine groups is 1. The fourth-order valence-corrected chi connectivity index (χ4v) is 3.08. The number of hydrogen-bond donors (Lipinski definition) is 2. The monoisotopic (exact) mass is 389 g/mol. The summed E-state index contributed by atoms with van der Waals surface area (Å²) in [4.78, 5) is 16.4. The van der Waals surface area contributed by atoms with Gasteiger partial charge in [0, 0.05) is 5.02 Å². The molecule has 0 aliphatic heterocycles. The fraction of sp³-hybridized carbons (Fsp3) is 0.0435. The van der Waals surface area contributed by atoms with Gasteiger partial charge in [-0.2, -0.15) is 4.99 Å². The smallest absolute Gasteiger partial charge is 0.260 e. The highest BCUT2D eigenvalue weighted by atomic mass is 35.5. The SMILES string of the molecule is NC(N)=NC(=O)C(/C=C/c1ccccc1Cl)c1cccc(-c2ccccc2)c1. The van der Waals surface area contributed by atoms with E-state index in [-0.39, 0.29) is 5.96 Å². The molecule has 0 saturated carbocycles. The molecular formula is C23H20ClN3O. The number of carbonyl (C=O) groups excluding carboxylic acids is 1. The van der Waals surface area contributed by atoms with Gasteiger partial charge in [-0.25, -0.2) is 0 Å². The molecule has 1 unspecified atom stereocenters. The van der Waals surface area contributed by atoms with E-state index in [1.54, 1.807) is 12.1 Å². The lowest BCUT2D eigenvalue weighted by molar-refractivity contribution is -0.118. The van der Waals surface area contributed by atoms with Gasteiger partial charge in [0.1, 0.15) is 0 Å². The van der Waals surface area contributed by atoms with E-state index in [9.17, 15) is 4.79 Å². The van der Waals surface area contributed by atoms with Crippen molar-refractivity contribution < 1.29 is 4.79 Å². The van der Waals surface area contributed by atoms with Crippen LogP contribution in [0, 0.1) is 0 Å². The first kappa shape index (κ1) is 19.4. The Morgan fingerprint density at radius 1 is 0.893 bits per heavy atom. The van der Waals surface area contributed by atoms with Gasteiger partial charge in [-0.05, 0) is 28.3 Å². The van der Waals surface area contributed by atoms with E-state index in [0.717, 1.165) is 22.3 Å².